The number of rotatable bonds is 4. The van der Waals surface area contributed by atoms with E-state index in [0.29, 0.717) is 0 Å². The predicted octanol–water partition coefficient (Wildman–Crippen LogP) is 3.02. The summed E-state index contributed by atoms with van der Waals surface area (Å²) in [4.78, 5) is 0. The highest BCUT2D eigenvalue weighted by Gasteiger charge is 2.38. The summed E-state index contributed by atoms with van der Waals surface area (Å²) < 4.78 is 5.34. The van der Waals surface area contributed by atoms with Crippen LogP contribution in [0.3, 0.4) is 0 Å². The Morgan fingerprint density at radius 3 is 2.93 bits per heavy atom. The first-order chi connectivity index (χ1) is 6.68. The Balaban J connectivity index is 1.80. The second kappa shape index (κ2) is 3.95. The average molecular weight is 208 g/mol. The molecular weight excluding hydrogens is 192 g/mol. The first-order valence-corrected chi connectivity index (χ1v) is 6.11. The monoisotopic (exact) mass is 208 g/mol. The molecule has 0 bridgehead atoms. The van der Waals surface area contributed by atoms with Crippen molar-refractivity contribution in [2.45, 2.75) is 25.2 Å². The molecule has 0 aliphatic carbocycles. The first-order valence-electron chi connectivity index (χ1n) is 4.95. The molecule has 1 aromatic rings. The second-order valence-corrected chi connectivity index (χ2v) is 5.21. The molecule has 1 heterocycles. The van der Waals surface area contributed by atoms with Crippen molar-refractivity contribution in [3.8, 4) is 0 Å². The SMILES string of the molecule is Cc1cccc(CSCC2(C)CO2)c1. The fraction of sp³-hybridized carbons (Fsp3) is 0.500. The van der Waals surface area contributed by atoms with E-state index in [-0.39, 0.29) is 5.60 Å². The molecule has 0 saturated carbocycles. The van der Waals surface area contributed by atoms with Crippen LogP contribution < -0.4 is 0 Å². The third-order valence-corrected chi connectivity index (χ3v) is 3.75. The predicted molar refractivity (Wildman–Crippen MR) is 61.7 cm³/mol. The molecule has 1 fully saturated rings. The van der Waals surface area contributed by atoms with E-state index < -0.39 is 0 Å². The van der Waals surface area contributed by atoms with Crippen molar-refractivity contribution in [2.75, 3.05) is 12.4 Å². The maximum Gasteiger partial charge on any atom is 0.0978 e. The molecule has 1 aliphatic rings. The highest BCUT2D eigenvalue weighted by Crippen LogP contribution is 2.31. The van der Waals surface area contributed by atoms with Crippen molar-refractivity contribution in [1.82, 2.24) is 0 Å². The van der Waals surface area contributed by atoms with Crippen LogP contribution in [0.5, 0.6) is 0 Å². The zero-order valence-corrected chi connectivity index (χ0v) is 9.56. The number of ether oxygens (including phenoxy) is 1. The summed E-state index contributed by atoms with van der Waals surface area (Å²) in [6.07, 6.45) is 0. The summed E-state index contributed by atoms with van der Waals surface area (Å²) in [5, 5.41) is 0. The minimum absolute atomic E-state index is 0.189. The lowest BCUT2D eigenvalue weighted by Crippen LogP contribution is -2.07. The molecule has 0 spiro atoms. The van der Waals surface area contributed by atoms with Gasteiger partial charge in [0, 0.05) is 11.5 Å². The van der Waals surface area contributed by atoms with Gasteiger partial charge in [0.05, 0.1) is 12.2 Å². The van der Waals surface area contributed by atoms with E-state index in [2.05, 4.69) is 38.1 Å². The molecule has 2 rings (SSSR count). The van der Waals surface area contributed by atoms with Gasteiger partial charge in [-0.25, -0.2) is 0 Å². The maximum absolute atomic E-state index is 5.34. The van der Waals surface area contributed by atoms with E-state index in [0.717, 1.165) is 18.1 Å². The lowest BCUT2D eigenvalue weighted by molar-refractivity contribution is 0.348. The van der Waals surface area contributed by atoms with Gasteiger partial charge in [-0.3, -0.25) is 0 Å². The van der Waals surface area contributed by atoms with E-state index in [9.17, 15) is 0 Å². The smallest absolute Gasteiger partial charge is 0.0978 e. The van der Waals surface area contributed by atoms with E-state index in [1.807, 2.05) is 11.8 Å². The van der Waals surface area contributed by atoms with Gasteiger partial charge in [0.15, 0.2) is 0 Å². The van der Waals surface area contributed by atoms with Gasteiger partial charge in [-0.2, -0.15) is 11.8 Å². The molecule has 1 nitrogen and oxygen atoms in total. The molecule has 1 saturated heterocycles. The summed E-state index contributed by atoms with van der Waals surface area (Å²) in [7, 11) is 0. The van der Waals surface area contributed by atoms with Gasteiger partial charge in [-0.15, -0.1) is 0 Å². The fourth-order valence-electron chi connectivity index (χ4n) is 1.39. The fourth-order valence-corrected chi connectivity index (χ4v) is 2.51. The number of benzene rings is 1. The maximum atomic E-state index is 5.34. The molecule has 76 valence electrons. The van der Waals surface area contributed by atoms with Crippen molar-refractivity contribution in [3.05, 3.63) is 35.4 Å². The summed E-state index contributed by atoms with van der Waals surface area (Å²) in [6, 6.07) is 8.71. The van der Waals surface area contributed by atoms with Gasteiger partial charge >= 0.3 is 0 Å². The molecule has 1 atom stereocenters. The Morgan fingerprint density at radius 1 is 1.50 bits per heavy atom. The molecule has 14 heavy (non-hydrogen) atoms. The summed E-state index contributed by atoms with van der Waals surface area (Å²) in [5.41, 5.74) is 2.95. The van der Waals surface area contributed by atoms with Crippen LogP contribution in [-0.4, -0.2) is 18.0 Å². The summed E-state index contributed by atoms with van der Waals surface area (Å²) >= 11 is 1.96. The molecule has 1 aliphatic heterocycles. The normalized spacial score (nSPS) is 25.0. The molecule has 2 heteroatoms. The molecule has 1 aromatic carbocycles. The Labute approximate surface area is 89.9 Å². The Hall–Kier alpha value is -0.470. The van der Waals surface area contributed by atoms with Crippen molar-refractivity contribution in [3.63, 3.8) is 0 Å². The largest absolute Gasteiger partial charge is 0.369 e. The number of thioether (sulfide) groups is 1. The van der Waals surface area contributed by atoms with Crippen molar-refractivity contribution in [2.24, 2.45) is 0 Å². The van der Waals surface area contributed by atoms with E-state index in [1.54, 1.807) is 0 Å². The van der Waals surface area contributed by atoms with Crippen molar-refractivity contribution < 1.29 is 4.74 Å². The highest BCUT2D eigenvalue weighted by atomic mass is 32.2. The number of hydrogen-bond acceptors (Lipinski definition) is 2. The van der Waals surface area contributed by atoms with Crippen LogP contribution in [0.1, 0.15) is 18.1 Å². The zero-order valence-electron chi connectivity index (χ0n) is 8.75. The topological polar surface area (TPSA) is 12.5 Å². The average Bonchev–Trinajstić information content (AvgIpc) is 2.84. The van der Waals surface area contributed by atoms with Gasteiger partial charge < -0.3 is 4.74 Å². The minimum Gasteiger partial charge on any atom is -0.369 e. The van der Waals surface area contributed by atoms with Crippen LogP contribution in [0.15, 0.2) is 24.3 Å². The van der Waals surface area contributed by atoms with Gasteiger partial charge in [0.25, 0.3) is 0 Å². The van der Waals surface area contributed by atoms with Crippen LogP contribution in [0, 0.1) is 6.92 Å². The van der Waals surface area contributed by atoms with Gasteiger partial charge in [0.1, 0.15) is 0 Å². The second-order valence-electron chi connectivity index (χ2n) is 4.22. The van der Waals surface area contributed by atoms with Crippen LogP contribution in [0.2, 0.25) is 0 Å². The van der Waals surface area contributed by atoms with Crippen LogP contribution in [0.25, 0.3) is 0 Å². The molecule has 0 aromatic heterocycles. The quantitative estimate of drug-likeness (QED) is 0.705. The first kappa shape index (κ1) is 10.1. The van der Waals surface area contributed by atoms with E-state index >= 15 is 0 Å². The zero-order chi connectivity index (χ0) is 10.0. The Kier molecular flexibility index (Phi) is 2.84. The third-order valence-electron chi connectivity index (χ3n) is 2.40. The summed E-state index contributed by atoms with van der Waals surface area (Å²) in [6.45, 7) is 5.25. The van der Waals surface area contributed by atoms with Crippen LogP contribution in [-0.2, 0) is 10.5 Å². The van der Waals surface area contributed by atoms with E-state index in [4.69, 9.17) is 4.74 Å². The molecule has 0 radical (unpaired) electrons. The van der Waals surface area contributed by atoms with Crippen molar-refractivity contribution in [1.29, 1.82) is 0 Å². The van der Waals surface area contributed by atoms with Gasteiger partial charge in [-0.05, 0) is 19.4 Å². The number of aryl methyl sites for hydroxylation is 1. The Bertz CT molecular complexity index is 318. The third kappa shape index (κ3) is 2.76. The van der Waals surface area contributed by atoms with Gasteiger partial charge in [0.2, 0.25) is 0 Å². The number of epoxide rings is 1. The van der Waals surface area contributed by atoms with Crippen molar-refractivity contribution >= 4 is 11.8 Å². The van der Waals surface area contributed by atoms with Crippen LogP contribution in [0.4, 0.5) is 0 Å². The minimum atomic E-state index is 0.189. The standard InChI is InChI=1S/C12H16OS/c1-10-4-3-5-11(6-10)7-14-9-12(2)8-13-12/h3-6H,7-9H2,1-2H3. The number of hydrogen-bond donors (Lipinski definition) is 0. The van der Waals surface area contributed by atoms with E-state index in [1.165, 1.54) is 11.1 Å². The molecule has 0 N–H and O–H groups in total. The lowest BCUT2D eigenvalue weighted by Gasteiger charge is -2.05. The summed E-state index contributed by atoms with van der Waals surface area (Å²) in [5.74, 6) is 2.21. The Morgan fingerprint density at radius 2 is 2.29 bits per heavy atom. The van der Waals surface area contributed by atoms with Crippen LogP contribution >= 0.6 is 11.8 Å². The molecule has 0 amide bonds. The molecule has 1 unspecified atom stereocenters. The molecular formula is C12H16OS. The lowest BCUT2D eigenvalue weighted by atomic mass is 10.2. The highest BCUT2D eigenvalue weighted by molar-refractivity contribution is 7.98. The van der Waals surface area contributed by atoms with Gasteiger partial charge in [-0.1, -0.05) is 29.8 Å².